The summed E-state index contributed by atoms with van der Waals surface area (Å²) in [5, 5.41) is 0. The number of likely N-dealkylation sites (tertiary alicyclic amines) is 1. The third kappa shape index (κ3) is 1.34. The molecule has 3 heteroatoms. The topological polar surface area (TPSA) is 25.4 Å². The lowest BCUT2D eigenvalue weighted by atomic mass is 9.75. The van der Waals surface area contributed by atoms with Crippen LogP contribution in [0.2, 0.25) is 0 Å². The van der Waals surface area contributed by atoms with E-state index in [1.165, 1.54) is 18.4 Å². The minimum atomic E-state index is 0.260. The summed E-state index contributed by atoms with van der Waals surface area (Å²) in [6, 6.07) is 4.20. The Bertz CT molecular complexity index is 370. The van der Waals surface area contributed by atoms with E-state index in [1.807, 2.05) is 12.3 Å². The number of nitrogens with zero attached hydrogens (tertiary/aromatic N) is 2. The molecule has 0 amide bonds. The van der Waals surface area contributed by atoms with Crippen molar-refractivity contribution in [1.82, 2.24) is 9.88 Å². The molecule has 3 nitrogen and oxygen atoms in total. The number of fused-ring (bicyclic) bond motifs is 2. The lowest BCUT2D eigenvalue weighted by molar-refractivity contribution is 0.154. The molecule has 3 rings (SSSR count). The molecule has 1 saturated heterocycles. The van der Waals surface area contributed by atoms with Gasteiger partial charge in [0.15, 0.2) is 0 Å². The first-order chi connectivity index (χ1) is 7.30. The molecule has 0 atom stereocenters. The number of hydrogen-bond acceptors (Lipinski definition) is 3. The van der Waals surface area contributed by atoms with Crippen LogP contribution in [0.15, 0.2) is 18.3 Å². The van der Waals surface area contributed by atoms with Gasteiger partial charge >= 0.3 is 0 Å². The van der Waals surface area contributed by atoms with Gasteiger partial charge in [-0.05, 0) is 39.0 Å². The lowest BCUT2D eigenvalue weighted by Gasteiger charge is -2.36. The van der Waals surface area contributed by atoms with Gasteiger partial charge in [0.2, 0.25) is 5.88 Å². The molecule has 0 N–H and O–H groups in total. The standard InChI is InChI=1S/C12H16N2O/c1-14-7-4-12(5-8-14)9-15-11-10(12)3-2-6-13-11/h2-3,6H,4-5,7-9H2,1H3. The van der Waals surface area contributed by atoms with E-state index in [1.54, 1.807) is 0 Å². The van der Waals surface area contributed by atoms with Gasteiger partial charge in [0.05, 0.1) is 6.61 Å². The fourth-order valence-electron chi connectivity index (χ4n) is 2.65. The maximum absolute atomic E-state index is 5.70. The molecule has 1 fully saturated rings. The monoisotopic (exact) mass is 204 g/mol. The smallest absolute Gasteiger partial charge is 0.217 e. The first-order valence-corrected chi connectivity index (χ1v) is 5.57. The molecule has 15 heavy (non-hydrogen) atoms. The first-order valence-electron chi connectivity index (χ1n) is 5.57. The molecular weight excluding hydrogens is 188 g/mol. The molecule has 3 heterocycles. The van der Waals surface area contributed by atoms with Crippen molar-refractivity contribution in [3.8, 4) is 5.88 Å². The van der Waals surface area contributed by atoms with Crippen molar-refractivity contribution in [3.05, 3.63) is 23.9 Å². The summed E-state index contributed by atoms with van der Waals surface area (Å²) in [5.41, 5.74) is 1.59. The highest BCUT2D eigenvalue weighted by Crippen LogP contribution is 2.43. The van der Waals surface area contributed by atoms with Crippen LogP contribution in [0, 0.1) is 0 Å². The maximum Gasteiger partial charge on any atom is 0.217 e. The van der Waals surface area contributed by atoms with Crippen LogP contribution in [0.1, 0.15) is 18.4 Å². The van der Waals surface area contributed by atoms with Gasteiger partial charge in [-0.3, -0.25) is 0 Å². The second-order valence-electron chi connectivity index (χ2n) is 4.73. The van der Waals surface area contributed by atoms with Crippen LogP contribution >= 0.6 is 0 Å². The second kappa shape index (κ2) is 3.20. The van der Waals surface area contributed by atoms with Crippen molar-refractivity contribution in [2.75, 3.05) is 26.7 Å². The summed E-state index contributed by atoms with van der Waals surface area (Å²) in [5.74, 6) is 0.863. The zero-order valence-electron chi connectivity index (χ0n) is 9.07. The third-order valence-corrected chi connectivity index (χ3v) is 3.77. The Kier molecular flexibility index (Phi) is 1.96. The minimum Gasteiger partial charge on any atom is -0.476 e. The maximum atomic E-state index is 5.70. The zero-order valence-corrected chi connectivity index (χ0v) is 9.07. The summed E-state index contributed by atoms with van der Waals surface area (Å²) in [6.07, 6.45) is 4.21. The van der Waals surface area contributed by atoms with Gasteiger partial charge in [0.25, 0.3) is 0 Å². The molecule has 0 aliphatic carbocycles. The molecule has 0 radical (unpaired) electrons. The molecule has 0 bridgehead atoms. The average Bonchev–Trinajstić information content (AvgIpc) is 2.63. The van der Waals surface area contributed by atoms with E-state index < -0.39 is 0 Å². The van der Waals surface area contributed by atoms with Crippen molar-refractivity contribution in [2.45, 2.75) is 18.3 Å². The fraction of sp³-hybridized carbons (Fsp3) is 0.583. The second-order valence-corrected chi connectivity index (χ2v) is 4.73. The SMILES string of the molecule is CN1CCC2(CC1)COc1ncccc12. The van der Waals surface area contributed by atoms with Crippen molar-refractivity contribution >= 4 is 0 Å². The number of rotatable bonds is 0. The van der Waals surface area contributed by atoms with E-state index in [4.69, 9.17) is 4.74 Å². The molecule has 1 aromatic rings. The minimum absolute atomic E-state index is 0.260. The highest BCUT2D eigenvalue weighted by molar-refractivity contribution is 5.38. The number of ether oxygens (including phenoxy) is 1. The first kappa shape index (κ1) is 9.16. The van der Waals surface area contributed by atoms with Crippen LogP contribution in [0.3, 0.4) is 0 Å². The van der Waals surface area contributed by atoms with E-state index >= 15 is 0 Å². The van der Waals surface area contributed by atoms with Gasteiger partial charge < -0.3 is 9.64 Å². The van der Waals surface area contributed by atoms with Gasteiger partial charge in [-0.15, -0.1) is 0 Å². The molecule has 0 aromatic carbocycles. The van der Waals surface area contributed by atoms with E-state index in [9.17, 15) is 0 Å². The summed E-state index contributed by atoms with van der Waals surface area (Å²) in [7, 11) is 2.19. The van der Waals surface area contributed by atoms with Gasteiger partial charge in [0, 0.05) is 17.2 Å². The summed E-state index contributed by atoms with van der Waals surface area (Å²) in [6.45, 7) is 3.16. The van der Waals surface area contributed by atoms with Gasteiger partial charge in [-0.1, -0.05) is 6.07 Å². The Labute approximate surface area is 90.1 Å². The summed E-state index contributed by atoms with van der Waals surface area (Å²) in [4.78, 5) is 6.68. The molecule has 0 unspecified atom stereocenters. The molecule has 80 valence electrons. The van der Waals surface area contributed by atoms with E-state index in [0.29, 0.717) is 0 Å². The lowest BCUT2D eigenvalue weighted by Crippen LogP contribution is -2.41. The van der Waals surface area contributed by atoms with Crippen molar-refractivity contribution < 1.29 is 4.74 Å². The quantitative estimate of drug-likeness (QED) is 0.639. The Morgan fingerprint density at radius 1 is 1.40 bits per heavy atom. The van der Waals surface area contributed by atoms with E-state index in [2.05, 4.69) is 23.0 Å². The fourth-order valence-corrected chi connectivity index (χ4v) is 2.65. The van der Waals surface area contributed by atoms with E-state index in [-0.39, 0.29) is 5.41 Å². The summed E-state index contributed by atoms with van der Waals surface area (Å²) < 4.78 is 5.70. The third-order valence-electron chi connectivity index (χ3n) is 3.77. The van der Waals surface area contributed by atoms with Gasteiger partial charge in [-0.25, -0.2) is 4.98 Å². The van der Waals surface area contributed by atoms with Gasteiger partial charge in [0.1, 0.15) is 0 Å². The number of hydrogen-bond donors (Lipinski definition) is 0. The largest absolute Gasteiger partial charge is 0.476 e. The molecule has 1 spiro atoms. The Balaban J connectivity index is 1.95. The Morgan fingerprint density at radius 3 is 3.00 bits per heavy atom. The van der Waals surface area contributed by atoms with Crippen molar-refractivity contribution in [1.29, 1.82) is 0 Å². The van der Waals surface area contributed by atoms with Crippen LogP contribution in [0.4, 0.5) is 0 Å². The predicted octanol–water partition coefficient (Wildman–Crippen LogP) is 1.44. The normalized spacial score (nSPS) is 23.8. The van der Waals surface area contributed by atoms with Crippen LogP contribution in [-0.4, -0.2) is 36.6 Å². The number of aromatic nitrogens is 1. The predicted molar refractivity (Wildman–Crippen MR) is 58.1 cm³/mol. The Morgan fingerprint density at radius 2 is 2.20 bits per heavy atom. The van der Waals surface area contributed by atoms with Crippen LogP contribution in [0.5, 0.6) is 5.88 Å². The van der Waals surface area contributed by atoms with Crippen LogP contribution in [0.25, 0.3) is 0 Å². The summed E-state index contributed by atoms with van der Waals surface area (Å²) >= 11 is 0. The molecule has 2 aliphatic rings. The number of piperidine rings is 1. The zero-order chi connectivity index (χ0) is 10.3. The molecule has 0 saturated carbocycles. The molecule has 1 aromatic heterocycles. The van der Waals surface area contributed by atoms with Gasteiger partial charge in [-0.2, -0.15) is 0 Å². The van der Waals surface area contributed by atoms with Crippen LogP contribution < -0.4 is 4.74 Å². The Hall–Kier alpha value is -1.09. The van der Waals surface area contributed by atoms with Crippen molar-refractivity contribution in [2.24, 2.45) is 0 Å². The number of pyridine rings is 1. The van der Waals surface area contributed by atoms with Crippen molar-refractivity contribution in [3.63, 3.8) is 0 Å². The molecule has 2 aliphatic heterocycles. The van der Waals surface area contributed by atoms with Crippen LogP contribution in [-0.2, 0) is 5.41 Å². The highest BCUT2D eigenvalue weighted by atomic mass is 16.5. The average molecular weight is 204 g/mol. The van der Waals surface area contributed by atoms with E-state index in [0.717, 1.165) is 25.6 Å². The molecular formula is C12H16N2O. The highest BCUT2D eigenvalue weighted by Gasteiger charge is 2.42.